The van der Waals surface area contributed by atoms with E-state index in [9.17, 15) is 4.79 Å². The zero-order valence-electron chi connectivity index (χ0n) is 10.6. The molecule has 2 aliphatic rings. The van der Waals surface area contributed by atoms with Gasteiger partial charge in [-0.25, -0.2) is 4.79 Å². The van der Waals surface area contributed by atoms with Crippen LogP contribution in [-0.4, -0.2) is 34.5 Å². The van der Waals surface area contributed by atoms with E-state index in [1.54, 1.807) is 0 Å². The van der Waals surface area contributed by atoms with Crippen LogP contribution in [0.25, 0.3) is 0 Å². The number of ether oxygens (including phenoxy) is 1. The molecule has 0 bridgehead atoms. The van der Waals surface area contributed by atoms with Gasteiger partial charge in [-0.05, 0) is 11.8 Å². The summed E-state index contributed by atoms with van der Waals surface area (Å²) >= 11 is 3.40. The van der Waals surface area contributed by atoms with Gasteiger partial charge in [-0.15, -0.1) is 0 Å². The second-order valence-electron chi connectivity index (χ2n) is 5.93. The van der Waals surface area contributed by atoms with Gasteiger partial charge in [0.05, 0.1) is 6.04 Å². The predicted octanol–water partition coefficient (Wildman–Crippen LogP) is 3.34. The zero-order valence-corrected chi connectivity index (χ0v) is 12.2. The number of rotatable bonds is 1. The second-order valence-corrected chi connectivity index (χ2v) is 6.58. The van der Waals surface area contributed by atoms with Gasteiger partial charge in [0.25, 0.3) is 0 Å². The van der Waals surface area contributed by atoms with Gasteiger partial charge in [0, 0.05) is 17.8 Å². The van der Waals surface area contributed by atoms with Crippen LogP contribution in [0.4, 0.5) is 4.79 Å². The van der Waals surface area contributed by atoms with E-state index in [2.05, 4.69) is 48.9 Å². The summed E-state index contributed by atoms with van der Waals surface area (Å²) in [5, 5.41) is 0.729. The van der Waals surface area contributed by atoms with Crippen LogP contribution in [0.3, 0.4) is 0 Å². The van der Waals surface area contributed by atoms with E-state index >= 15 is 0 Å². The number of amides is 1. The fraction of sp³-hybridized carbons (Fsp3) is 0.769. The number of halogens is 1. The molecule has 3 atom stereocenters. The number of nitrogens with zero attached hydrogens (tertiary/aromatic N) is 1. The molecule has 1 fully saturated rings. The Morgan fingerprint density at radius 1 is 1.53 bits per heavy atom. The number of hydrogen-bond acceptors (Lipinski definition) is 2. The van der Waals surface area contributed by atoms with Crippen molar-refractivity contribution in [3.63, 3.8) is 0 Å². The van der Waals surface area contributed by atoms with Gasteiger partial charge >= 0.3 is 6.09 Å². The molecule has 0 saturated carbocycles. The molecule has 2 aliphatic heterocycles. The second kappa shape index (κ2) is 4.63. The highest BCUT2D eigenvalue weighted by Crippen LogP contribution is 2.35. The number of cyclic esters (lactones) is 1. The van der Waals surface area contributed by atoms with Crippen LogP contribution in [0.15, 0.2) is 12.2 Å². The summed E-state index contributed by atoms with van der Waals surface area (Å²) in [5.74, 6) is 0. The van der Waals surface area contributed by atoms with Crippen molar-refractivity contribution < 1.29 is 9.53 Å². The van der Waals surface area contributed by atoms with E-state index < -0.39 is 0 Å². The topological polar surface area (TPSA) is 29.5 Å². The van der Waals surface area contributed by atoms with Crippen molar-refractivity contribution in [1.29, 1.82) is 0 Å². The van der Waals surface area contributed by atoms with Gasteiger partial charge in [0.2, 0.25) is 0 Å². The summed E-state index contributed by atoms with van der Waals surface area (Å²) in [5.41, 5.74) is 0.0510. The number of carbonyl (C=O) groups is 1. The van der Waals surface area contributed by atoms with Gasteiger partial charge < -0.3 is 4.74 Å². The molecule has 0 aromatic carbocycles. The minimum absolute atomic E-state index is 0.0240. The van der Waals surface area contributed by atoms with Crippen molar-refractivity contribution in [2.24, 2.45) is 5.41 Å². The average molecular weight is 302 g/mol. The van der Waals surface area contributed by atoms with Crippen LogP contribution < -0.4 is 0 Å². The third kappa shape index (κ3) is 2.51. The maximum atomic E-state index is 12.1. The third-order valence-corrected chi connectivity index (χ3v) is 4.21. The number of carbonyl (C=O) groups excluding carboxylic acids is 1. The smallest absolute Gasteiger partial charge is 0.410 e. The molecule has 0 unspecified atom stereocenters. The lowest BCUT2D eigenvalue weighted by molar-refractivity contribution is -0.0211. The average Bonchev–Trinajstić information content (AvgIpc) is 2.26. The lowest BCUT2D eigenvalue weighted by Crippen LogP contribution is -2.58. The maximum absolute atomic E-state index is 12.1. The third-order valence-electron chi connectivity index (χ3n) is 3.49. The Morgan fingerprint density at radius 3 is 2.82 bits per heavy atom. The summed E-state index contributed by atoms with van der Waals surface area (Å²) in [4.78, 5) is 14.0. The molecule has 0 radical (unpaired) electrons. The lowest BCUT2D eigenvalue weighted by Gasteiger charge is -2.48. The zero-order chi connectivity index (χ0) is 12.6. The number of hydrogen-bond donors (Lipinski definition) is 0. The van der Waals surface area contributed by atoms with E-state index in [4.69, 9.17) is 4.74 Å². The predicted molar refractivity (Wildman–Crippen MR) is 71.3 cm³/mol. The van der Waals surface area contributed by atoms with E-state index in [1.807, 2.05) is 4.90 Å². The first-order chi connectivity index (χ1) is 7.93. The van der Waals surface area contributed by atoms with Crippen molar-refractivity contribution >= 4 is 22.0 Å². The fourth-order valence-electron chi connectivity index (χ4n) is 2.63. The summed E-state index contributed by atoms with van der Waals surface area (Å²) in [6, 6.07) is 0.443. The molecule has 1 saturated heterocycles. The van der Waals surface area contributed by atoms with Crippen LogP contribution in [-0.2, 0) is 4.74 Å². The minimum Gasteiger partial charge on any atom is -0.445 e. The summed E-state index contributed by atoms with van der Waals surface area (Å²) in [6.45, 7) is 6.48. The molecular formula is C13H20BrNO2. The minimum atomic E-state index is -0.157. The first-order valence-corrected chi connectivity index (χ1v) is 7.27. The van der Waals surface area contributed by atoms with Gasteiger partial charge in [-0.3, -0.25) is 4.90 Å². The van der Waals surface area contributed by atoms with Crippen LogP contribution in [0.1, 0.15) is 33.6 Å². The standard InChI is InChI=1S/C13H20BrNO2/c1-13(2,3)11-6-4-5-9-7-10(8-14)17-12(16)15(9)11/h4,6,9-11H,5,7-8H2,1-3H3/t9-,10+,11-/m1/s1. The largest absolute Gasteiger partial charge is 0.445 e. The number of fused-ring (bicyclic) bond motifs is 1. The normalized spacial score (nSPS) is 33.3. The Morgan fingerprint density at radius 2 is 2.24 bits per heavy atom. The van der Waals surface area contributed by atoms with Crippen molar-refractivity contribution in [3.8, 4) is 0 Å². The van der Waals surface area contributed by atoms with Crippen molar-refractivity contribution in [2.75, 3.05) is 5.33 Å². The molecule has 2 rings (SSSR count). The maximum Gasteiger partial charge on any atom is 0.410 e. The Bertz CT molecular complexity index is 335. The molecule has 0 aromatic heterocycles. The molecule has 2 heterocycles. The van der Waals surface area contributed by atoms with E-state index in [-0.39, 0.29) is 23.7 Å². The highest BCUT2D eigenvalue weighted by atomic mass is 79.9. The highest BCUT2D eigenvalue weighted by Gasteiger charge is 2.43. The Balaban J connectivity index is 2.23. The van der Waals surface area contributed by atoms with Crippen LogP contribution in [0.2, 0.25) is 0 Å². The highest BCUT2D eigenvalue weighted by molar-refractivity contribution is 9.09. The molecule has 0 N–H and O–H groups in total. The van der Waals surface area contributed by atoms with E-state index in [0.717, 1.165) is 18.2 Å². The molecule has 0 spiro atoms. The van der Waals surface area contributed by atoms with Crippen molar-refractivity contribution in [2.45, 2.75) is 51.8 Å². The van der Waals surface area contributed by atoms with Gasteiger partial charge in [-0.1, -0.05) is 48.9 Å². The molecular weight excluding hydrogens is 282 g/mol. The van der Waals surface area contributed by atoms with Crippen LogP contribution in [0.5, 0.6) is 0 Å². The Hall–Kier alpha value is -0.510. The van der Waals surface area contributed by atoms with Gasteiger partial charge in [0.15, 0.2) is 0 Å². The van der Waals surface area contributed by atoms with Gasteiger partial charge in [0.1, 0.15) is 6.10 Å². The summed E-state index contributed by atoms with van der Waals surface area (Å²) in [6.07, 6.45) is 6.09. The van der Waals surface area contributed by atoms with Crippen LogP contribution >= 0.6 is 15.9 Å². The summed E-state index contributed by atoms with van der Waals surface area (Å²) < 4.78 is 5.44. The van der Waals surface area contributed by atoms with Crippen molar-refractivity contribution in [3.05, 3.63) is 12.2 Å². The Kier molecular flexibility index (Phi) is 3.53. The van der Waals surface area contributed by atoms with E-state index in [1.165, 1.54) is 0 Å². The lowest BCUT2D eigenvalue weighted by atomic mass is 9.81. The first-order valence-electron chi connectivity index (χ1n) is 6.15. The molecule has 3 nitrogen and oxygen atoms in total. The molecule has 4 heteroatoms. The monoisotopic (exact) mass is 301 g/mol. The molecule has 0 aliphatic carbocycles. The van der Waals surface area contributed by atoms with Crippen LogP contribution in [0, 0.1) is 5.41 Å². The van der Waals surface area contributed by atoms with E-state index in [0.29, 0.717) is 6.04 Å². The van der Waals surface area contributed by atoms with Crippen molar-refractivity contribution in [1.82, 2.24) is 4.90 Å². The first kappa shape index (κ1) is 12.9. The molecule has 1 amide bonds. The molecule has 96 valence electrons. The van der Waals surface area contributed by atoms with Gasteiger partial charge in [-0.2, -0.15) is 0 Å². The molecule has 0 aromatic rings. The fourth-order valence-corrected chi connectivity index (χ4v) is 3.02. The summed E-state index contributed by atoms with van der Waals surface area (Å²) in [7, 11) is 0. The SMILES string of the molecule is CC(C)(C)[C@H]1C=CC[C@@H]2C[C@@H](CBr)OC(=O)N21. The quantitative estimate of drug-likeness (QED) is 0.549. The Labute approximate surface area is 111 Å². The molecule has 17 heavy (non-hydrogen) atoms. The number of alkyl halides is 1.